The molecule has 0 spiro atoms. The molecule has 2 bridgehead atoms. The monoisotopic (exact) mass is 457 g/mol. The smallest absolute Gasteiger partial charge is 0.236 e. The Kier molecular flexibility index (Phi) is 5.13. The number of anilines is 2. The molecule has 3 aromatic rings. The third kappa shape index (κ3) is 3.55. The third-order valence-electron chi connectivity index (χ3n) is 6.62. The molecule has 0 saturated carbocycles. The molecule has 3 aromatic carbocycles. The van der Waals surface area contributed by atoms with Crippen LogP contribution < -0.4 is 20.3 Å². The quantitative estimate of drug-likeness (QED) is 0.515. The Morgan fingerprint density at radius 2 is 1.73 bits per heavy atom. The van der Waals surface area contributed by atoms with Crippen LogP contribution in [0.1, 0.15) is 35.2 Å². The number of amides is 1. The predicted octanol–water partition coefficient (Wildman–Crippen LogP) is 5.41. The number of thiocarbonyl (C=S) groups is 1. The van der Waals surface area contributed by atoms with E-state index < -0.39 is 11.6 Å². The van der Waals surface area contributed by atoms with Gasteiger partial charge >= 0.3 is 0 Å². The van der Waals surface area contributed by atoms with E-state index in [1.807, 2.05) is 93.3 Å². The number of aryl methyl sites for hydroxylation is 3. The molecule has 1 fully saturated rings. The third-order valence-corrected chi connectivity index (χ3v) is 6.92. The first kappa shape index (κ1) is 21.5. The van der Waals surface area contributed by atoms with Crippen LogP contribution in [0.2, 0.25) is 0 Å². The van der Waals surface area contributed by atoms with Gasteiger partial charge < -0.3 is 15.4 Å². The van der Waals surface area contributed by atoms with Gasteiger partial charge in [0.2, 0.25) is 5.91 Å². The number of benzene rings is 3. The number of carbonyl (C=O) groups excluding carboxylic acids is 1. The van der Waals surface area contributed by atoms with Gasteiger partial charge in [0.1, 0.15) is 11.7 Å². The number of hydrogen-bond donors (Lipinski definition) is 2. The van der Waals surface area contributed by atoms with Crippen molar-refractivity contribution in [2.45, 2.75) is 39.5 Å². The summed E-state index contributed by atoms with van der Waals surface area (Å²) in [5.41, 5.74) is 4.92. The fourth-order valence-electron chi connectivity index (χ4n) is 4.98. The zero-order valence-corrected chi connectivity index (χ0v) is 20.0. The minimum Gasteiger partial charge on any atom is -0.467 e. The highest BCUT2D eigenvalue weighted by Gasteiger charge is 2.59. The highest BCUT2D eigenvalue weighted by Crippen LogP contribution is 2.49. The molecule has 2 aliphatic rings. The van der Waals surface area contributed by atoms with Crippen LogP contribution in [0.25, 0.3) is 0 Å². The number of rotatable bonds is 3. The van der Waals surface area contributed by atoms with Crippen molar-refractivity contribution >= 4 is 34.6 Å². The van der Waals surface area contributed by atoms with Crippen LogP contribution in [-0.2, 0) is 4.79 Å². The average molecular weight is 458 g/mol. The highest BCUT2D eigenvalue weighted by molar-refractivity contribution is 7.80. The first-order chi connectivity index (χ1) is 15.8. The Hall–Kier alpha value is -3.38. The SMILES string of the molecule is Cc1ccc(N2C(=S)N[C@H]3c4ccccc4O[C@@]2(C)[C@@H]3C(=O)Nc2ccc(C)cc2C)cc1. The van der Waals surface area contributed by atoms with Crippen molar-refractivity contribution in [2.24, 2.45) is 5.92 Å². The maximum absolute atomic E-state index is 13.9. The summed E-state index contributed by atoms with van der Waals surface area (Å²) in [6, 6.07) is 21.7. The summed E-state index contributed by atoms with van der Waals surface area (Å²) >= 11 is 5.80. The normalized spacial score (nSPS) is 23.3. The van der Waals surface area contributed by atoms with Crippen molar-refractivity contribution in [1.82, 2.24) is 5.32 Å². The summed E-state index contributed by atoms with van der Waals surface area (Å²) in [7, 11) is 0. The first-order valence-electron chi connectivity index (χ1n) is 11.1. The van der Waals surface area contributed by atoms with E-state index >= 15 is 0 Å². The van der Waals surface area contributed by atoms with Gasteiger partial charge in [0.15, 0.2) is 10.8 Å². The Morgan fingerprint density at radius 1 is 1.03 bits per heavy atom. The van der Waals surface area contributed by atoms with Crippen molar-refractivity contribution < 1.29 is 9.53 Å². The van der Waals surface area contributed by atoms with E-state index in [-0.39, 0.29) is 11.9 Å². The second-order valence-corrected chi connectivity index (χ2v) is 9.46. The van der Waals surface area contributed by atoms with Gasteiger partial charge in [-0.3, -0.25) is 9.69 Å². The summed E-state index contributed by atoms with van der Waals surface area (Å²) in [4.78, 5) is 15.8. The van der Waals surface area contributed by atoms with Crippen LogP contribution in [0.15, 0.2) is 66.7 Å². The standard InChI is InChI=1S/C27H27N3O2S/c1-16-9-12-19(13-10-16)30-26(33)29-24-20-7-5-6-8-22(20)32-27(30,4)23(24)25(31)28-21-14-11-17(2)15-18(21)3/h5-15,23-24H,1-4H3,(H,28,31)(H,29,33)/t23-,24-,27-/m0/s1. The molecule has 5 nitrogen and oxygen atoms in total. The molecule has 1 saturated heterocycles. The lowest BCUT2D eigenvalue weighted by atomic mass is 9.78. The summed E-state index contributed by atoms with van der Waals surface area (Å²) in [6.45, 7) is 8.04. The highest BCUT2D eigenvalue weighted by atomic mass is 32.1. The summed E-state index contributed by atoms with van der Waals surface area (Å²) in [5, 5.41) is 7.15. The van der Waals surface area contributed by atoms with Crippen molar-refractivity contribution in [2.75, 3.05) is 10.2 Å². The Balaban J connectivity index is 1.61. The molecule has 2 N–H and O–H groups in total. The van der Waals surface area contributed by atoms with Crippen LogP contribution in [-0.4, -0.2) is 16.7 Å². The van der Waals surface area contributed by atoms with Crippen LogP contribution in [0.4, 0.5) is 11.4 Å². The molecule has 33 heavy (non-hydrogen) atoms. The molecule has 5 rings (SSSR count). The molecule has 6 heteroatoms. The van der Waals surface area contributed by atoms with E-state index in [9.17, 15) is 4.79 Å². The van der Waals surface area contributed by atoms with Crippen molar-refractivity contribution in [3.05, 3.63) is 89.0 Å². The van der Waals surface area contributed by atoms with Gasteiger partial charge in [0.05, 0.1) is 6.04 Å². The van der Waals surface area contributed by atoms with Gasteiger partial charge in [-0.2, -0.15) is 0 Å². The fourth-order valence-corrected chi connectivity index (χ4v) is 5.39. The van der Waals surface area contributed by atoms with Crippen LogP contribution in [0.5, 0.6) is 5.75 Å². The molecule has 0 aromatic heterocycles. The maximum atomic E-state index is 13.9. The van der Waals surface area contributed by atoms with E-state index in [2.05, 4.69) is 16.7 Å². The second kappa shape index (κ2) is 7.89. The lowest BCUT2D eigenvalue weighted by molar-refractivity contribution is -0.130. The number of nitrogens with zero attached hydrogens (tertiary/aromatic N) is 1. The van der Waals surface area contributed by atoms with E-state index in [1.54, 1.807) is 0 Å². The molecule has 3 atom stereocenters. The Bertz CT molecular complexity index is 1260. The molecular weight excluding hydrogens is 430 g/mol. The number of hydrogen-bond acceptors (Lipinski definition) is 3. The van der Waals surface area contributed by atoms with Gasteiger partial charge in [-0.25, -0.2) is 0 Å². The number of para-hydroxylation sites is 1. The minimum absolute atomic E-state index is 0.115. The molecule has 0 aliphatic carbocycles. The number of nitrogens with one attached hydrogen (secondary N) is 2. The van der Waals surface area contributed by atoms with Crippen LogP contribution in [0.3, 0.4) is 0 Å². The summed E-state index contributed by atoms with van der Waals surface area (Å²) in [6.07, 6.45) is 0. The number of carbonyl (C=O) groups is 1. The molecule has 1 amide bonds. The molecular formula is C27H27N3O2S. The van der Waals surface area contributed by atoms with Crippen molar-refractivity contribution in [3.63, 3.8) is 0 Å². The van der Waals surface area contributed by atoms with Gasteiger partial charge in [-0.1, -0.05) is 53.6 Å². The molecule has 2 heterocycles. The zero-order valence-electron chi connectivity index (χ0n) is 19.2. The van der Waals surface area contributed by atoms with Crippen molar-refractivity contribution in [1.29, 1.82) is 0 Å². The summed E-state index contributed by atoms with van der Waals surface area (Å²) in [5.74, 6) is 0.0878. The Morgan fingerprint density at radius 3 is 2.45 bits per heavy atom. The van der Waals surface area contributed by atoms with E-state index in [1.165, 1.54) is 0 Å². The summed E-state index contributed by atoms with van der Waals surface area (Å²) < 4.78 is 6.62. The topological polar surface area (TPSA) is 53.6 Å². The molecule has 2 aliphatic heterocycles. The average Bonchev–Trinajstić information content (AvgIpc) is 2.76. The lowest BCUT2D eigenvalue weighted by Crippen LogP contribution is -2.72. The number of fused-ring (bicyclic) bond motifs is 4. The van der Waals surface area contributed by atoms with E-state index in [0.29, 0.717) is 5.11 Å². The minimum atomic E-state index is -1.01. The molecule has 0 radical (unpaired) electrons. The number of ether oxygens (including phenoxy) is 1. The van der Waals surface area contributed by atoms with Gasteiger partial charge in [0, 0.05) is 16.9 Å². The van der Waals surface area contributed by atoms with Crippen LogP contribution in [0, 0.1) is 26.7 Å². The lowest BCUT2D eigenvalue weighted by Gasteiger charge is -2.56. The van der Waals surface area contributed by atoms with E-state index in [0.717, 1.165) is 39.4 Å². The van der Waals surface area contributed by atoms with Gasteiger partial charge in [-0.05, 0) is 69.7 Å². The van der Waals surface area contributed by atoms with Crippen LogP contribution >= 0.6 is 12.2 Å². The second-order valence-electron chi connectivity index (χ2n) is 9.08. The molecule has 0 unspecified atom stereocenters. The van der Waals surface area contributed by atoms with Crippen molar-refractivity contribution in [3.8, 4) is 5.75 Å². The van der Waals surface area contributed by atoms with Gasteiger partial charge in [-0.15, -0.1) is 0 Å². The first-order valence-corrected chi connectivity index (χ1v) is 11.5. The zero-order chi connectivity index (χ0) is 23.3. The maximum Gasteiger partial charge on any atom is 0.236 e. The van der Waals surface area contributed by atoms with Gasteiger partial charge in [0.25, 0.3) is 0 Å². The largest absolute Gasteiger partial charge is 0.467 e. The van der Waals surface area contributed by atoms with E-state index in [4.69, 9.17) is 17.0 Å². The Labute approximate surface area is 199 Å². The fraction of sp³-hybridized carbons (Fsp3) is 0.259. The predicted molar refractivity (Wildman–Crippen MR) is 136 cm³/mol. The molecule has 168 valence electrons.